The molecule has 4 rings (SSSR count). The number of carbonyl (C=O) groups is 1. The topological polar surface area (TPSA) is 64.3 Å². The molecule has 160 valence electrons. The van der Waals surface area contributed by atoms with Gasteiger partial charge in [-0.25, -0.2) is 0 Å². The highest BCUT2D eigenvalue weighted by atomic mass is 16.1. The van der Waals surface area contributed by atoms with Crippen molar-refractivity contribution < 1.29 is 4.79 Å². The van der Waals surface area contributed by atoms with Crippen molar-refractivity contribution in [2.45, 2.75) is 76.3 Å². The van der Waals surface area contributed by atoms with Gasteiger partial charge < -0.3 is 10.2 Å². The minimum absolute atomic E-state index is 0.0797. The summed E-state index contributed by atoms with van der Waals surface area (Å²) in [7, 11) is 2.25. The van der Waals surface area contributed by atoms with Gasteiger partial charge in [-0.1, -0.05) is 11.6 Å². The zero-order chi connectivity index (χ0) is 20.3. The number of aryl methyl sites for hydroxylation is 1. The molecule has 3 heterocycles. The Morgan fingerprint density at radius 1 is 1.34 bits per heavy atom. The highest BCUT2D eigenvalue weighted by Crippen LogP contribution is 2.37. The average Bonchev–Trinajstić information content (AvgIpc) is 3.25. The number of likely N-dealkylation sites (tertiary alicyclic amines) is 2. The van der Waals surface area contributed by atoms with Crippen molar-refractivity contribution in [2.75, 3.05) is 33.2 Å². The van der Waals surface area contributed by atoms with Crippen LogP contribution in [0.15, 0.2) is 17.7 Å². The van der Waals surface area contributed by atoms with E-state index in [-0.39, 0.29) is 17.5 Å². The second-order valence-electron chi connectivity index (χ2n) is 9.39. The van der Waals surface area contributed by atoms with Crippen LogP contribution in [0.5, 0.6) is 0 Å². The Hall–Kier alpha value is -1.66. The van der Waals surface area contributed by atoms with E-state index < -0.39 is 0 Å². The first-order chi connectivity index (χ1) is 14.0. The van der Waals surface area contributed by atoms with Crippen LogP contribution in [0.3, 0.4) is 0 Å². The Labute approximate surface area is 175 Å². The molecule has 1 amide bonds. The number of rotatable bonds is 6. The summed E-state index contributed by atoms with van der Waals surface area (Å²) >= 11 is 0. The van der Waals surface area contributed by atoms with E-state index in [1.807, 2.05) is 13.0 Å². The average molecular weight is 400 g/mol. The number of H-pyrrole nitrogens is 1. The van der Waals surface area contributed by atoms with Crippen molar-refractivity contribution in [3.63, 3.8) is 0 Å². The maximum Gasteiger partial charge on any atom is 0.226 e. The van der Waals surface area contributed by atoms with Gasteiger partial charge in [0.25, 0.3) is 0 Å². The standard InChI is InChI=1S/C23H37N5O/c1-18-15-20(26-25-18)16-22(29)24-21-10-13-27(2)23(21)11-6-12-28(17-23)14-9-19-7-4-3-5-8-19/h7,15,21H,3-6,8-14,16-17H2,1-2H3,(H,24,29)(H,25,26). The Morgan fingerprint density at radius 2 is 2.24 bits per heavy atom. The Morgan fingerprint density at radius 3 is 3.00 bits per heavy atom. The molecule has 2 N–H and O–H groups in total. The van der Waals surface area contributed by atoms with Crippen molar-refractivity contribution in [1.29, 1.82) is 0 Å². The van der Waals surface area contributed by atoms with Crippen LogP contribution in [0.25, 0.3) is 0 Å². The fourth-order valence-corrected chi connectivity index (χ4v) is 5.64. The quantitative estimate of drug-likeness (QED) is 0.722. The first kappa shape index (κ1) is 20.6. The number of allylic oxidation sites excluding steroid dienone is 1. The number of amides is 1. The predicted octanol–water partition coefficient (Wildman–Crippen LogP) is 2.81. The van der Waals surface area contributed by atoms with E-state index in [9.17, 15) is 4.79 Å². The van der Waals surface area contributed by atoms with Crippen LogP contribution in [-0.4, -0.2) is 70.7 Å². The number of nitrogens with zero attached hydrogens (tertiary/aromatic N) is 3. The zero-order valence-electron chi connectivity index (χ0n) is 18.2. The molecular weight excluding hydrogens is 362 g/mol. The van der Waals surface area contributed by atoms with Gasteiger partial charge in [0.2, 0.25) is 5.91 Å². The number of aromatic amines is 1. The molecule has 3 aliphatic rings. The molecule has 1 spiro atoms. The summed E-state index contributed by atoms with van der Waals surface area (Å²) in [5.41, 5.74) is 3.57. The Bertz CT molecular complexity index is 741. The van der Waals surface area contributed by atoms with Gasteiger partial charge in [0.1, 0.15) is 0 Å². The maximum atomic E-state index is 12.7. The number of likely N-dealkylation sites (N-methyl/N-ethyl adjacent to an activating group) is 1. The summed E-state index contributed by atoms with van der Waals surface area (Å²) in [6, 6.07) is 2.19. The third kappa shape index (κ3) is 4.75. The van der Waals surface area contributed by atoms with Crippen molar-refractivity contribution in [3.05, 3.63) is 29.1 Å². The third-order valence-corrected chi connectivity index (χ3v) is 7.31. The molecular formula is C23H37N5O. The van der Waals surface area contributed by atoms with Gasteiger partial charge in [-0.05, 0) is 77.9 Å². The highest BCUT2D eigenvalue weighted by molar-refractivity contribution is 5.78. The number of nitrogens with one attached hydrogen (secondary N) is 2. The van der Waals surface area contributed by atoms with Gasteiger partial charge in [-0.3, -0.25) is 14.8 Å². The lowest BCUT2D eigenvalue weighted by Crippen LogP contribution is -2.63. The summed E-state index contributed by atoms with van der Waals surface area (Å²) in [6.07, 6.45) is 12.8. The van der Waals surface area contributed by atoms with E-state index in [4.69, 9.17) is 0 Å². The first-order valence-electron chi connectivity index (χ1n) is 11.5. The number of hydrogen-bond acceptors (Lipinski definition) is 4. The zero-order valence-corrected chi connectivity index (χ0v) is 18.2. The maximum absolute atomic E-state index is 12.7. The van der Waals surface area contributed by atoms with Crippen LogP contribution in [-0.2, 0) is 11.2 Å². The molecule has 1 aromatic heterocycles. The number of carbonyl (C=O) groups excluding carboxylic acids is 1. The second kappa shape index (κ2) is 9.00. The van der Waals surface area contributed by atoms with E-state index in [1.54, 1.807) is 5.57 Å². The summed E-state index contributed by atoms with van der Waals surface area (Å²) in [5, 5.41) is 10.5. The van der Waals surface area contributed by atoms with Crippen molar-refractivity contribution in [2.24, 2.45) is 0 Å². The molecule has 1 aromatic rings. The molecule has 2 unspecified atom stereocenters. The fraction of sp³-hybridized carbons (Fsp3) is 0.739. The molecule has 2 atom stereocenters. The third-order valence-electron chi connectivity index (χ3n) is 7.31. The molecule has 2 fully saturated rings. The smallest absolute Gasteiger partial charge is 0.226 e. The Kier molecular flexibility index (Phi) is 6.40. The molecule has 2 aliphatic heterocycles. The van der Waals surface area contributed by atoms with Crippen LogP contribution in [0.1, 0.15) is 62.8 Å². The largest absolute Gasteiger partial charge is 0.351 e. The van der Waals surface area contributed by atoms with Gasteiger partial charge in [-0.2, -0.15) is 5.10 Å². The van der Waals surface area contributed by atoms with Crippen LogP contribution in [0, 0.1) is 6.92 Å². The molecule has 0 saturated carbocycles. The van der Waals surface area contributed by atoms with Crippen molar-refractivity contribution in [3.8, 4) is 0 Å². The molecule has 6 heteroatoms. The van der Waals surface area contributed by atoms with Crippen LogP contribution in [0.4, 0.5) is 0 Å². The summed E-state index contributed by atoms with van der Waals surface area (Å²) < 4.78 is 0. The molecule has 0 aromatic carbocycles. The molecule has 29 heavy (non-hydrogen) atoms. The first-order valence-corrected chi connectivity index (χ1v) is 11.5. The van der Waals surface area contributed by atoms with E-state index in [2.05, 4.69) is 38.4 Å². The minimum atomic E-state index is 0.0797. The van der Waals surface area contributed by atoms with E-state index in [0.29, 0.717) is 6.42 Å². The lowest BCUT2D eigenvalue weighted by atomic mass is 9.82. The fourth-order valence-electron chi connectivity index (χ4n) is 5.64. The van der Waals surface area contributed by atoms with Gasteiger partial charge in [-0.15, -0.1) is 0 Å². The van der Waals surface area contributed by atoms with Gasteiger partial charge in [0.05, 0.1) is 17.7 Å². The summed E-state index contributed by atoms with van der Waals surface area (Å²) in [4.78, 5) is 17.9. The van der Waals surface area contributed by atoms with Gasteiger partial charge >= 0.3 is 0 Å². The Balaban J connectivity index is 1.36. The monoisotopic (exact) mass is 399 g/mol. The highest BCUT2D eigenvalue weighted by Gasteiger charge is 2.49. The molecule has 0 bridgehead atoms. The van der Waals surface area contributed by atoms with E-state index in [1.165, 1.54) is 51.5 Å². The van der Waals surface area contributed by atoms with Crippen molar-refractivity contribution >= 4 is 5.91 Å². The second-order valence-corrected chi connectivity index (χ2v) is 9.39. The SMILES string of the molecule is Cc1cc(CC(=O)NC2CCN(C)C23CCCN(CCC2=CCCCC2)C3)n[nH]1. The molecule has 0 radical (unpaired) electrons. The normalized spacial score (nSPS) is 28.6. The number of aromatic nitrogens is 2. The van der Waals surface area contributed by atoms with Crippen LogP contribution >= 0.6 is 0 Å². The van der Waals surface area contributed by atoms with Gasteiger partial charge in [0, 0.05) is 31.4 Å². The van der Waals surface area contributed by atoms with E-state index >= 15 is 0 Å². The van der Waals surface area contributed by atoms with E-state index in [0.717, 1.165) is 37.4 Å². The van der Waals surface area contributed by atoms with Crippen LogP contribution in [0.2, 0.25) is 0 Å². The molecule has 1 aliphatic carbocycles. The predicted molar refractivity (Wildman–Crippen MR) is 116 cm³/mol. The lowest BCUT2D eigenvalue weighted by molar-refractivity contribution is -0.122. The molecule has 2 saturated heterocycles. The van der Waals surface area contributed by atoms with Crippen LogP contribution < -0.4 is 5.32 Å². The lowest BCUT2D eigenvalue weighted by Gasteiger charge is -2.48. The van der Waals surface area contributed by atoms with Gasteiger partial charge in [0.15, 0.2) is 0 Å². The summed E-state index contributed by atoms with van der Waals surface area (Å²) in [5.74, 6) is 0.0978. The summed E-state index contributed by atoms with van der Waals surface area (Å²) in [6.45, 7) is 6.45. The molecule has 6 nitrogen and oxygen atoms in total. The van der Waals surface area contributed by atoms with Crippen molar-refractivity contribution in [1.82, 2.24) is 25.3 Å². The minimum Gasteiger partial charge on any atom is -0.351 e. The number of hydrogen-bond donors (Lipinski definition) is 2. The number of piperidine rings is 1.